The van der Waals surface area contributed by atoms with Gasteiger partial charge in [0.05, 0.1) is 11.9 Å². The summed E-state index contributed by atoms with van der Waals surface area (Å²) in [7, 11) is 1.98. The van der Waals surface area contributed by atoms with Crippen LogP contribution in [-0.4, -0.2) is 59.3 Å². The van der Waals surface area contributed by atoms with E-state index in [9.17, 15) is 9.59 Å². The minimum Gasteiger partial charge on any atom is -0.455 e. The lowest BCUT2D eigenvalue weighted by molar-refractivity contribution is 0.00618. The van der Waals surface area contributed by atoms with E-state index in [1.165, 1.54) is 0 Å². The normalized spacial score (nSPS) is 17.8. The highest BCUT2D eigenvalue weighted by atomic mass is 16.6. The average Bonchev–Trinajstić information content (AvgIpc) is 2.58. The number of piperidine rings is 1. The van der Waals surface area contributed by atoms with Crippen molar-refractivity contribution in [3.8, 4) is 0 Å². The highest BCUT2D eigenvalue weighted by Gasteiger charge is 2.29. The number of carbonyl (C=O) groups excluding carboxylic acids is 2. The van der Waals surface area contributed by atoms with Crippen LogP contribution < -0.4 is 4.90 Å². The van der Waals surface area contributed by atoms with E-state index in [0.29, 0.717) is 13.1 Å². The van der Waals surface area contributed by atoms with Gasteiger partial charge < -0.3 is 19.3 Å². The Balaban J connectivity index is 2.02. The Labute approximate surface area is 168 Å². The van der Waals surface area contributed by atoms with Gasteiger partial charge in [-0.2, -0.15) is 0 Å². The molecule has 0 unspecified atom stereocenters. The SMILES string of the molecule is CN(c1ccc(C(=O)OC(C)(C)C)nc1)[C@@H]1CCCN(C(=O)OC(C)(C)C)C1. The van der Waals surface area contributed by atoms with E-state index < -0.39 is 17.2 Å². The Hall–Kier alpha value is -2.31. The molecule has 1 fully saturated rings. The van der Waals surface area contributed by atoms with E-state index in [0.717, 1.165) is 18.5 Å². The van der Waals surface area contributed by atoms with Crippen LogP contribution in [0.1, 0.15) is 64.9 Å². The number of esters is 1. The molecule has 0 aliphatic carbocycles. The zero-order chi connectivity index (χ0) is 21.1. The van der Waals surface area contributed by atoms with Gasteiger partial charge in [-0.25, -0.2) is 14.6 Å². The van der Waals surface area contributed by atoms with Crippen LogP contribution in [0.3, 0.4) is 0 Å². The minimum atomic E-state index is -0.554. The van der Waals surface area contributed by atoms with E-state index in [1.54, 1.807) is 17.2 Å². The van der Waals surface area contributed by atoms with Crippen molar-refractivity contribution in [1.82, 2.24) is 9.88 Å². The molecule has 2 heterocycles. The molecule has 7 nitrogen and oxygen atoms in total. The van der Waals surface area contributed by atoms with Crippen molar-refractivity contribution < 1.29 is 19.1 Å². The zero-order valence-electron chi connectivity index (χ0n) is 18.1. The summed E-state index contributed by atoms with van der Waals surface area (Å²) in [4.78, 5) is 32.6. The maximum Gasteiger partial charge on any atom is 0.410 e. The molecule has 156 valence electrons. The largest absolute Gasteiger partial charge is 0.455 e. The van der Waals surface area contributed by atoms with E-state index in [1.807, 2.05) is 54.7 Å². The third-order valence-corrected chi connectivity index (χ3v) is 4.36. The number of rotatable bonds is 3. The van der Waals surface area contributed by atoms with Gasteiger partial charge in [0.15, 0.2) is 0 Å². The van der Waals surface area contributed by atoms with Crippen molar-refractivity contribution in [2.24, 2.45) is 0 Å². The van der Waals surface area contributed by atoms with Crippen LogP contribution in [0.2, 0.25) is 0 Å². The van der Waals surface area contributed by atoms with Crippen molar-refractivity contribution in [1.29, 1.82) is 0 Å². The molecule has 28 heavy (non-hydrogen) atoms. The van der Waals surface area contributed by atoms with Crippen molar-refractivity contribution in [3.05, 3.63) is 24.0 Å². The maximum atomic E-state index is 12.4. The van der Waals surface area contributed by atoms with Crippen LogP contribution in [0.25, 0.3) is 0 Å². The third kappa shape index (κ3) is 6.39. The molecular formula is C21H33N3O4. The Morgan fingerprint density at radius 3 is 2.29 bits per heavy atom. The van der Waals surface area contributed by atoms with Crippen molar-refractivity contribution in [2.45, 2.75) is 71.6 Å². The summed E-state index contributed by atoms with van der Waals surface area (Å²) in [6.45, 7) is 12.4. The molecule has 0 bridgehead atoms. The summed E-state index contributed by atoms with van der Waals surface area (Å²) < 4.78 is 10.8. The van der Waals surface area contributed by atoms with Crippen LogP contribution in [0.4, 0.5) is 10.5 Å². The van der Waals surface area contributed by atoms with E-state index in [2.05, 4.69) is 9.88 Å². The first-order valence-electron chi connectivity index (χ1n) is 9.76. The zero-order valence-corrected chi connectivity index (χ0v) is 18.1. The number of amides is 1. The second-order valence-corrected chi connectivity index (χ2v) is 9.24. The number of nitrogens with zero attached hydrogens (tertiary/aromatic N) is 3. The number of ether oxygens (including phenoxy) is 2. The predicted octanol–water partition coefficient (Wildman–Crippen LogP) is 3.87. The van der Waals surface area contributed by atoms with Crippen LogP contribution in [0.5, 0.6) is 0 Å². The number of hydrogen-bond donors (Lipinski definition) is 0. The number of pyridine rings is 1. The molecule has 7 heteroatoms. The van der Waals surface area contributed by atoms with Crippen LogP contribution >= 0.6 is 0 Å². The molecule has 1 saturated heterocycles. The van der Waals surface area contributed by atoms with Gasteiger partial charge in [-0.15, -0.1) is 0 Å². The molecule has 0 radical (unpaired) electrons. The van der Waals surface area contributed by atoms with Crippen molar-refractivity contribution >= 4 is 17.7 Å². The van der Waals surface area contributed by atoms with Gasteiger partial charge in [0.25, 0.3) is 0 Å². The summed E-state index contributed by atoms with van der Waals surface area (Å²) in [6, 6.07) is 3.70. The molecule has 0 N–H and O–H groups in total. The molecule has 2 rings (SSSR count). The number of carbonyl (C=O) groups is 2. The van der Waals surface area contributed by atoms with Crippen LogP contribution in [-0.2, 0) is 9.47 Å². The molecule has 0 spiro atoms. The first-order chi connectivity index (χ1) is 12.9. The molecule has 1 aliphatic heterocycles. The molecule has 1 aliphatic rings. The third-order valence-electron chi connectivity index (χ3n) is 4.36. The first-order valence-corrected chi connectivity index (χ1v) is 9.76. The molecule has 1 aromatic rings. The summed E-state index contributed by atoms with van der Waals surface area (Å²) >= 11 is 0. The fourth-order valence-corrected chi connectivity index (χ4v) is 3.02. The molecule has 1 aromatic heterocycles. The molecular weight excluding hydrogens is 358 g/mol. The molecule has 1 atom stereocenters. The Morgan fingerprint density at radius 1 is 1.11 bits per heavy atom. The Bertz CT molecular complexity index is 689. The highest BCUT2D eigenvalue weighted by molar-refractivity contribution is 5.87. The molecule has 1 amide bonds. The lowest BCUT2D eigenvalue weighted by Gasteiger charge is -2.39. The van der Waals surface area contributed by atoms with Crippen LogP contribution in [0.15, 0.2) is 18.3 Å². The summed E-state index contributed by atoms with van der Waals surface area (Å²) in [5, 5.41) is 0. The fourth-order valence-electron chi connectivity index (χ4n) is 3.02. The first kappa shape index (κ1) is 22.0. The van der Waals surface area contributed by atoms with Gasteiger partial charge in [0, 0.05) is 26.2 Å². The topological polar surface area (TPSA) is 72.0 Å². The monoisotopic (exact) mass is 391 g/mol. The summed E-state index contributed by atoms with van der Waals surface area (Å²) in [6.07, 6.45) is 3.29. The number of hydrogen-bond acceptors (Lipinski definition) is 6. The van der Waals surface area contributed by atoms with Crippen LogP contribution in [0, 0.1) is 0 Å². The van der Waals surface area contributed by atoms with Gasteiger partial charge in [0.1, 0.15) is 16.9 Å². The summed E-state index contributed by atoms with van der Waals surface area (Å²) in [5.41, 5.74) is 0.119. The van der Waals surface area contributed by atoms with Crippen molar-refractivity contribution in [2.75, 3.05) is 25.0 Å². The van der Waals surface area contributed by atoms with Gasteiger partial charge in [-0.05, 0) is 66.5 Å². The van der Waals surface area contributed by atoms with E-state index >= 15 is 0 Å². The minimum absolute atomic E-state index is 0.162. The average molecular weight is 392 g/mol. The van der Waals surface area contributed by atoms with Crippen molar-refractivity contribution in [3.63, 3.8) is 0 Å². The number of likely N-dealkylation sites (tertiary alicyclic amines) is 1. The van der Waals surface area contributed by atoms with Gasteiger partial charge in [-0.1, -0.05) is 0 Å². The fraction of sp³-hybridized carbons (Fsp3) is 0.667. The lowest BCUT2D eigenvalue weighted by atomic mass is 10.0. The summed E-state index contributed by atoms with van der Waals surface area (Å²) in [5.74, 6) is -0.435. The van der Waals surface area contributed by atoms with E-state index in [4.69, 9.17) is 9.47 Å². The van der Waals surface area contributed by atoms with Gasteiger partial charge in [0.2, 0.25) is 0 Å². The van der Waals surface area contributed by atoms with E-state index in [-0.39, 0.29) is 17.8 Å². The Morgan fingerprint density at radius 2 is 1.75 bits per heavy atom. The smallest absolute Gasteiger partial charge is 0.410 e. The maximum absolute atomic E-state index is 12.4. The van der Waals surface area contributed by atoms with Gasteiger partial charge >= 0.3 is 12.1 Å². The predicted molar refractivity (Wildman–Crippen MR) is 109 cm³/mol. The number of likely N-dealkylation sites (N-methyl/N-ethyl adjacent to an activating group) is 1. The Kier molecular flexibility index (Phi) is 6.57. The molecule has 0 saturated carbocycles. The lowest BCUT2D eigenvalue weighted by Crippen LogP contribution is -2.50. The number of aromatic nitrogens is 1. The number of anilines is 1. The second-order valence-electron chi connectivity index (χ2n) is 9.24. The quantitative estimate of drug-likeness (QED) is 0.728. The van der Waals surface area contributed by atoms with Gasteiger partial charge in [-0.3, -0.25) is 0 Å². The second kappa shape index (κ2) is 8.37. The standard InChI is InChI=1S/C21H33N3O4/c1-20(2,3)27-18(25)17-11-10-15(13-22-17)23(7)16-9-8-12-24(14-16)19(26)28-21(4,5)6/h10-11,13,16H,8-9,12,14H2,1-7H3/t16-/m1/s1. The molecule has 0 aromatic carbocycles. The highest BCUT2D eigenvalue weighted by Crippen LogP contribution is 2.23.